The van der Waals surface area contributed by atoms with Gasteiger partial charge in [0.15, 0.2) is 5.65 Å². The highest BCUT2D eigenvalue weighted by molar-refractivity contribution is 6.03. The van der Waals surface area contributed by atoms with Crippen molar-refractivity contribution in [1.82, 2.24) is 19.5 Å². The number of hydrogen-bond donors (Lipinski definition) is 0. The van der Waals surface area contributed by atoms with Crippen LogP contribution in [0.3, 0.4) is 0 Å². The molecule has 1 fully saturated rings. The van der Waals surface area contributed by atoms with E-state index in [0.29, 0.717) is 31.5 Å². The molecular formula is C30H40N6O3. The first-order chi connectivity index (χ1) is 18.5. The summed E-state index contributed by atoms with van der Waals surface area (Å²) in [6.07, 6.45) is 13.8. The van der Waals surface area contributed by atoms with Gasteiger partial charge in [-0.3, -0.25) is 4.99 Å². The second-order valence-electron chi connectivity index (χ2n) is 12.0. The summed E-state index contributed by atoms with van der Waals surface area (Å²) in [5.41, 5.74) is 4.42. The first-order valence-corrected chi connectivity index (χ1v) is 13.8. The lowest BCUT2D eigenvalue weighted by Crippen LogP contribution is -2.42. The van der Waals surface area contributed by atoms with Crippen LogP contribution >= 0.6 is 0 Å². The minimum Gasteiger partial charge on any atom is -0.477 e. The molecule has 1 saturated heterocycles. The Hall–Kier alpha value is -3.62. The Morgan fingerprint density at radius 2 is 1.92 bits per heavy atom. The minimum absolute atomic E-state index is 0.240. The molecule has 0 aromatic carbocycles. The van der Waals surface area contributed by atoms with Crippen LogP contribution in [0.5, 0.6) is 5.88 Å². The van der Waals surface area contributed by atoms with Crippen molar-refractivity contribution in [2.45, 2.75) is 53.1 Å². The number of aliphatic imine (C=N–C) groups is 1. The summed E-state index contributed by atoms with van der Waals surface area (Å²) in [6, 6.07) is 0. The van der Waals surface area contributed by atoms with Crippen LogP contribution in [0.4, 0.5) is 10.6 Å². The number of carbonyl (C=O) groups is 1. The van der Waals surface area contributed by atoms with E-state index in [2.05, 4.69) is 30.1 Å². The van der Waals surface area contributed by atoms with E-state index in [1.54, 1.807) is 4.90 Å². The highest BCUT2D eigenvalue weighted by Crippen LogP contribution is 2.39. The summed E-state index contributed by atoms with van der Waals surface area (Å²) in [5, 5.41) is 4.74. The summed E-state index contributed by atoms with van der Waals surface area (Å²) >= 11 is 0. The van der Waals surface area contributed by atoms with E-state index < -0.39 is 5.60 Å². The molecule has 39 heavy (non-hydrogen) atoms. The number of ether oxygens (including phenoxy) is 2. The number of nitrogens with zero attached hydrogens (tertiary/aromatic N) is 6. The molecule has 2 aromatic heterocycles. The molecule has 1 aliphatic carbocycles. The summed E-state index contributed by atoms with van der Waals surface area (Å²) in [5.74, 6) is 2.39. The first kappa shape index (κ1) is 27.0. The lowest BCUT2D eigenvalue weighted by Gasteiger charge is -2.33. The van der Waals surface area contributed by atoms with Crippen molar-refractivity contribution in [1.29, 1.82) is 0 Å². The zero-order chi connectivity index (χ0) is 27.9. The van der Waals surface area contributed by atoms with E-state index in [0.717, 1.165) is 46.7 Å². The molecule has 2 atom stereocenters. The Labute approximate surface area is 230 Å². The normalized spacial score (nSPS) is 21.5. The fourth-order valence-electron chi connectivity index (χ4n) is 5.58. The number of fused-ring (bicyclic) bond motifs is 2. The molecule has 9 heteroatoms. The molecular weight excluding hydrogens is 492 g/mol. The first-order valence-electron chi connectivity index (χ1n) is 13.8. The van der Waals surface area contributed by atoms with Crippen LogP contribution < -0.4 is 9.64 Å². The Morgan fingerprint density at radius 3 is 2.62 bits per heavy atom. The number of allylic oxidation sites excluding steroid dienone is 5. The number of carbonyl (C=O) groups excluding carboxylic acids is 1. The predicted octanol–water partition coefficient (Wildman–Crippen LogP) is 5.30. The smallest absolute Gasteiger partial charge is 0.410 e. The van der Waals surface area contributed by atoms with E-state index >= 15 is 0 Å². The molecule has 1 amide bonds. The third-order valence-corrected chi connectivity index (χ3v) is 7.68. The fraction of sp³-hybridized carbons (Fsp3) is 0.533. The van der Waals surface area contributed by atoms with Crippen molar-refractivity contribution in [3.63, 3.8) is 0 Å². The zero-order valence-corrected chi connectivity index (χ0v) is 24.1. The van der Waals surface area contributed by atoms with Gasteiger partial charge in [-0.15, -0.1) is 0 Å². The second-order valence-corrected chi connectivity index (χ2v) is 12.0. The number of aromatic nitrogens is 3. The van der Waals surface area contributed by atoms with E-state index in [4.69, 9.17) is 24.5 Å². The second kappa shape index (κ2) is 10.5. The topological polar surface area (TPSA) is 84.6 Å². The molecule has 208 valence electrons. The largest absolute Gasteiger partial charge is 0.477 e. The Morgan fingerprint density at radius 1 is 1.18 bits per heavy atom. The van der Waals surface area contributed by atoms with Gasteiger partial charge in [0, 0.05) is 50.6 Å². The van der Waals surface area contributed by atoms with Crippen LogP contribution in [-0.4, -0.2) is 70.7 Å². The Bertz CT molecular complexity index is 1370. The van der Waals surface area contributed by atoms with Crippen LogP contribution in [0.25, 0.3) is 11.2 Å². The molecule has 5 rings (SSSR count). The van der Waals surface area contributed by atoms with Crippen LogP contribution in [0.15, 0.2) is 41.7 Å². The van der Waals surface area contributed by atoms with Gasteiger partial charge >= 0.3 is 6.09 Å². The van der Waals surface area contributed by atoms with Gasteiger partial charge in [-0.25, -0.2) is 4.79 Å². The zero-order valence-electron chi connectivity index (χ0n) is 24.1. The average Bonchev–Trinajstić information content (AvgIpc) is 3.29. The van der Waals surface area contributed by atoms with Gasteiger partial charge in [-0.1, -0.05) is 25.2 Å². The quantitative estimate of drug-likeness (QED) is 0.519. The third kappa shape index (κ3) is 5.44. The lowest BCUT2D eigenvalue weighted by atomic mass is 9.79. The highest BCUT2D eigenvalue weighted by Gasteiger charge is 2.31. The van der Waals surface area contributed by atoms with Gasteiger partial charge in [0.1, 0.15) is 11.4 Å². The van der Waals surface area contributed by atoms with Gasteiger partial charge in [0.25, 0.3) is 0 Å². The maximum Gasteiger partial charge on any atom is 0.410 e. The molecule has 4 heterocycles. The van der Waals surface area contributed by atoms with Gasteiger partial charge < -0.3 is 19.3 Å². The Balaban J connectivity index is 1.37. The molecule has 0 saturated carbocycles. The molecule has 0 bridgehead atoms. The average molecular weight is 533 g/mol. The lowest BCUT2D eigenvalue weighted by molar-refractivity contribution is 0.0164. The maximum absolute atomic E-state index is 12.4. The summed E-state index contributed by atoms with van der Waals surface area (Å²) < 4.78 is 13.8. The van der Waals surface area contributed by atoms with Crippen LogP contribution in [0.2, 0.25) is 0 Å². The highest BCUT2D eigenvalue weighted by atomic mass is 16.6. The predicted molar refractivity (Wildman–Crippen MR) is 154 cm³/mol. The molecule has 2 aliphatic heterocycles. The number of hydrogen-bond acceptors (Lipinski definition) is 7. The molecule has 0 radical (unpaired) electrons. The van der Waals surface area contributed by atoms with Gasteiger partial charge in [-0.2, -0.15) is 14.6 Å². The molecule has 0 N–H and O–H groups in total. The number of likely N-dealkylation sites (tertiary alicyclic amines) is 1. The standard InChI is InChI=1S/C30H40N6O3/c1-19-22-10-8-9-11-25(22)31-16-23(19)24-17-32-36-26(24)33-27(20(2)28(36)34(6)7)38-18-21-12-14-35(15-13-21)29(37)39-30(3,4)5/h8-11,16-17,19,21-22H,12-15,18H2,1-7H3. The summed E-state index contributed by atoms with van der Waals surface area (Å²) in [6.45, 7) is 11.8. The SMILES string of the molecule is Cc1c(OCC2CCN(C(=O)OC(C)(C)C)CC2)nc2c(C3=CN=C4C=CC=CC4C3C)cnn2c1N(C)C. The van der Waals surface area contributed by atoms with Crippen molar-refractivity contribution < 1.29 is 14.3 Å². The van der Waals surface area contributed by atoms with Crippen molar-refractivity contribution >= 4 is 28.8 Å². The third-order valence-electron chi connectivity index (χ3n) is 7.68. The van der Waals surface area contributed by atoms with Crippen LogP contribution in [-0.2, 0) is 4.74 Å². The van der Waals surface area contributed by atoms with Crippen molar-refractivity contribution in [3.05, 3.63) is 47.8 Å². The van der Waals surface area contributed by atoms with Crippen LogP contribution in [0.1, 0.15) is 51.7 Å². The number of rotatable bonds is 5. The van der Waals surface area contributed by atoms with Gasteiger partial charge in [-0.05, 0) is 64.0 Å². The van der Waals surface area contributed by atoms with Gasteiger partial charge in [0.05, 0.1) is 18.4 Å². The van der Waals surface area contributed by atoms with Crippen molar-refractivity contribution in [2.24, 2.45) is 22.7 Å². The minimum atomic E-state index is -0.486. The van der Waals surface area contributed by atoms with E-state index in [1.165, 1.54) is 0 Å². The summed E-state index contributed by atoms with van der Waals surface area (Å²) in [4.78, 5) is 26.0. The fourth-order valence-corrected chi connectivity index (χ4v) is 5.58. The number of anilines is 1. The monoisotopic (exact) mass is 532 g/mol. The van der Waals surface area contributed by atoms with E-state index in [9.17, 15) is 4.79 Å². The molecule has 9 nitrogen and oxygen atoms in total. The molecule has 2 unspecified atom stereocenters. The van der Waals surface area contributed by atoms with Crippen molar-refractivity contribution in [2.75, 3.05) is 38.7 Å². The maximum atomic E-state index is 12.4. The molecule has 3 aliphatic rings. The van der Waals surface area contributed by atoms with E-state index in [-0.39, 0.29) is 17.9 Å². The summed E-state index contributed by atoms with van der Waals surface area (Å²) in [7, 11) is 4.02. The number of piperidine rings is 1. The van der Waals surface area contributed by atoms with Crippen LogP contribution in [0, 0.1) is 24.7 Å². The van der Waals surface area contributed by atoms with Crippen molar-refractivity contribution in [3.8, 4) is 5.88 Å². The van der Waals surface area contributed by atoms with E-state index in [1.807, 2.05) is 64.8 Å². The Kier molecular flexibility index (Phi) is 7.27. The molecule has 2 aromatic rings. The molecule has 0 spiro atoms. The number of amides is 1. The van der Waals surface area contributed by atoms with Gasteiger partial charge in [0.2, 0.25) is 5.88 Å².